The zero-order valence-corrected chi connectivity index (χ0v) is 16.6. The number of ether oxygens (including phenoxy) is 2. The van der Waals surface area contributed by atoms with Gasteiger partial charge >= 0.3 is 11.7 Å². The number of rotatable bonds is 9. The average Bonchev–Trinajstić information content (AvgIpc) is 2.72. The molecule has 2 aromatic carbocycles. The minimum atomic E-state index is -0.832. The molecular weight excluding hydrogens is 376 g/mol. The zero-order valence-electron chi connectivity index (χ0n) is 16.6. The molecule has 8 nitrogen and oxygen atoms in total. The van der Waals surface area contributed by atoms with Crippen LogP contribution in [0.3, 0.4) is 0 Å². The van der Waals surface area contributed by atoms with Gasteiger partial charge in [0.2, 0.25) is 0 Å². The van der Waals surface area contributed by atoms with E-state index in [-0.39, 0.29) is 29.5 Å². The molecule has 1 N–H and O–H groups in total. The highest BCUT2D eigenvalue weighted by molar-refractivity contribution is 5.96. The first-order valence-electron chi connectivity index (χ1n) is 9.34. The summed E-state index contributed by atoms with van der Waals surface area (Å²) >= 11 is 0. The predicted molar refractivity (Wildman–Crippen MR) is 108 cm³/mol. The summed E-state index contributed by atoms with van der Waals surface area (Å²) < 4.78 is 10.2. The summed E-state index contributed by atoms with van der Waals surface area (Å²) in [6.07, 6.45) is 0.915. The number of carbonyl (C=O) groups is 2. The molecular formula is C21H24N2O6. The van der Waals surface area contributed by atoms with Crippen molar-refractivity contribution in [2.45, 2.75) is 33.1 Å². The van der Waals surface area contributed by atoms with E-state index in [9.17, 15) is 19.7 Å². The number of anilines is 1. The van der Waals surface area contributed by atoms with Gasteiger partial charge in [-0.3, -0.25) is 14.9 Å². The van der Waals surface area contributed by atoms with Crippen molar-refractivity contribution in [2.75, 3.05) is 18.5 Å². The number of para-hydroxylation sites is 1. The van der Waals surface area contributed by atoms with Crippen molar-refractivity contribution in [1.82, 2.24) is 0 Å². The number of hydrogen-bond donors (Lipinski definition) is 1. The molecule has 0 aliphatic carbocycles. The Hall–Kier alpha value is -3.42. The van der Waals surface area contributed by atoms with Crippen molar-refractivity contribution in [1.29, 1.82) is 0 Å². The van der Waals surface area contributed by atoms with E-state index >= 15 is 0 Å². The third-order valence-electron chi connectivity index (χ3n) is 4.40. The third kappa shape index (κ3) is 5.78. The number of esters is 1. The lowest BCUT2D eigenvalue weighted by molar-refractivity contribution is -0.385. The Morgan fingerprint density at radius 1 is 1.17 bits per heavy atom. The van der Waals surface area contributed by atoms with Crippen molar-refractivity contribution < 1.29 is 24.0 Å². The fraction of sp³-hybridized carbons (Fsp3) is 0.333. The van der Waals surface area contributed by atoms with Gasteiger partial charge in [-0.1, -0.05) is 32.0 Å². The van der Waals surface area contributed by atoms with Crippen molar-refractivity contribution in [3.8, 4) is 5.75 Å². The van der Waals surface area contributed by atoms with Crippen LogP contribution in [0.4, 0.5) is 11.4 Å². The molecule has 1 amide bonds. The van der Waals surface area contributed by atoms with Crippen molar-refractivity contribution in [2.24, 2.45) is 0 Å². The van der Waals surface area contributed by atoms with Crippen molar-refractivity contribution in [3.63, 3.8) is 0 Å². The van der Waals surface area contributed by atoms with Crippen LogP contribution in [0.2, 0.25) is 0 Å². The fourth-order valence-corrected chi connectivity index (χ4v) is 2.73. The fourth-order valence-electron chi connectivity index (χ4n) is 2.73. The second-order valence-electron chi connectivity index (χ2n) is 6.39. The number of nitrogens with zero attached hydrogens (tertiary/aromatic N) is 1. The number of nitro groups is 1. The van der Waals surface area contributed by atoms with Crippen molar-refractivity contribution in [3.05, 3.63) is 63.7 Å². The standard InChI is InChI=1S/C21H24N2O6/c1-4-14(3)16-8-6-7-9-17(16)22-20(24)13-29-21(25)15-10-11-19(28-5-2)18(12-15)23(26)27/h6-12,14H,4-5,13H2,1-3H3,(H,22,24)/t14-/m1/s1. The Labute approximate surface area is 169 Å². The normalized spacial score (nSPS) is 11.4. The van der Waals surface area contributed by atoms with E-state index < -0.39 is 23.4 Å². The van der Waals surface area contributed by atoms with Crippen LogP contribution in [0.1, 0.15) is 49.0 Å². The van der Waals surface area contributed by atoms with Gasteiger partial charge < -0.3 is 14.8 Å². The minimum absolute atomic E-state index is 0.0343. The highest BCUT2D eigenvalue weighted by atomic mass is 16.6. The molecule has 0 radical (unpaired) electrons. The summed E-state index contributed by atoms with van der Waals surface area (Å²) in [7, 11) is 0. The van der Waals surface area contributed by atoms with E-state index in [1.54, 1.807) is 13.0 Å². The number of carbonyl (C=O) groups excluding carboxylic acids is 2. The summed E-state index contributed by atoms with van der Waals surface area (Å²) in [5.74, 6) is -0.997. The van der Waals surface area contributed by atoms with E-state index in [4.69, 9.17) is 9.47 Å². The topological polar surface area (TPSA) is 108 Å². The summed E-state index contributed by atoms with van der Waals surface area (Å²) in [4.78, 5) is 34.9. The molecule has 0 heterocycles. The van der Waals surface area contributed by atoms with Crippen molar-refractivity contribution >= 4 is 23.3 Å². The van der Waals surface area contributed by atoms with Gasteiger partial charge in [0.1, 0.15) is 0 Å². The lowest BCUT2D eigenvalue weighted by Gasteiger charge is -2.15. The average molecular weight is 400 g/mol. The quantitative estimate of drug-likeness (QED) is 0.382. The van der Waals surface area contributed by atoms with E-state index in [1.165, 1.54) is 12.1 Å². The lowest BCUT2D eigenvalue weighted by Crippen LogP contribution is -2.21. The Morgan fingerprint density at radius 2 is 1.90 bits per heavy atom. The number of hydrogen-bond acceptors (Lipinski definition) is 6. The van der Waals surface area contributed by atoms with Gasteiger partial charge in [0, 0.05) is 11.8 Å². The maximum absolute atomic E-state index is 12.2. The molecule has 0 bridgehead atoms. The van der Waals surface area contributed by atoms with Crippen LogP contribution >= 0.6 is 0 Å². The molecule has 0 aromatic heterocycles. The highest BCUT2D eigenvalue weighted by Gasteiger charge is 2.20. The second-order valence-corrected chi connectivity index (χ2v) is 6.39. The number of benzene rings is 2. The molecule has 0 fully saturated rings. The van der Waals surface area contributed by atoms with E-state index in [0.717, 1.165) is 18.1 Å². The van der Waals surface area contributed by atoms with Crippen LogP contribution in [0.5, 0.6) is 5.75 Å². The Morgan fingerprint density at radius 3 is 2.55 bits per heavy atom. The summed E-state index contributed by atoms with van der Waals surface area (Å²) in [5, 5.41) is 13.9. The Bertz CT molecular complexity index is 896. The van der Waals surface area contributed by atoms with Gasteiger partial charge in [0.25, 0.3) is 5.91 Å². The monoisotopic (exact) mass is 400 g/mol. The molecule has 29 heavy (non-hydrogen) atoms. The largest absolute Gasteiger partial charge is 0.487 e. The first kappa shape index (κ1) is 21.9. The van der Waals surface area contributed by atoms with Crippen LogP contribution in [-0.4, -0.2) is 30.0 Å². The van der Waals surface area contributed by atoms with Crippen LogP contribution < -0.4 is 10.1 Å². The summed E-state index contributed by atoms with van der Waals surface area (Å²) in [6.45, 7) is 5.56. The Balaban J connectivity index is 2.03. The molecule has 0 aliphatic heterocycles. The number of amides is 1. The van der Waals surface area contributed by atoms with E-state index in [2.05, 4.69) is 19.2 Å². The van der Waals surface area contributed by atoms with Gasteiger partial charge in [0.05, 0.1) is 17.1 Å². The molecule has 2 rings (SSSR count). The Kier molecular flexibility index (Phi) is 7.70. The van der Waals surface area contributed by atoms with E-state index in [0.29, 0.717) is 5.69 Å². The van der Waals surface area contributed by atoms with Gasteiger partial charge in [-0.15, -0.1) is 0 Å². The second kappa shape index (κ2) is 10.2. The van der Waals surface area contributed by atoms with Crippen LogP contribution in [0.25, 0.3) is 0 Å². The van der Waals surface area contributed by atoms with Gasteiger partial charge in [0.15, 0.2) is 12.4 Å². The summed E-state index contributed by atoms with van der Waals surface area (Å²) in [5.41, 5.74) is 1.29. The number of nitrogens with one attached hydrogen (secondary N) is 1. The molecule has 0 aliphatic rings. The lowest BCUT2D eigenvalue weighted by atomic mass is 9.97. The first-order chi connectivity index (χ1) is 13.9. The van der Waals surface area contributed by atoms with Crippen LogP contribution in [0.15, 0.2) is 42.5 Å². The van der Waals surface area contributed by atoms with Gasteiger partial charge in [-0.25, -0.2) is 4.79 Å². The maximum atomic E-state index is 12.2. The molecule has 0 unspecified atom stereocenters. The molecule has 1 atom stereocenters. The highest BCUT2D eigenvalue weighted by Crippen LogP contribution is 2.28. The van der Waals surface area contributed by atoms with E-state index in [1.807, 2.05) is 18.2 Å². The molecule has 0 spiro atoms. The SMILES string of the molecule is CCOc1ccc(C(=O)OCC(=O)Nc2ccccc2[C@H](C)CC)cc1[N+](=O)[O-]. The van der Waals surface area contributed by atoms with Gasteiger partial charge in [-0.05, 0) is 43.0 Å². The third-order valence-corrected chi connectivity index (χ3v) is 4.40. The zero-order chi connectivity index (χ0) is 21.4. The minimum Gasteiger partial charge on any atom is -0.487 e. The molecule has 8 heteroatoms. The van der Waals surface area contributed by atoms with Gasteiger partial charge in [-0.2, -0.15) is 0 Å². The predicted octanol–water partition coefficient (Wildman–Crippen LogP) is 4.30. The smallest absolute Gasteiger partial charge is 0.338 e. The molecule has 0 saturated carbocycles. The molecule has 0 saturated heterocycles. The van der Waals surface area contributed by atoms with Crippen LogP contribution in [-0.2, 0) is 9.53 Å². The molecule has 154 valence electrons. The maximum Gasteiger partial charge on any atom is 0.338 e. The number of nitro benzene ring substituents is 1. The van der Waals surface area contributed by atoms with Crippen LogP contribution in [0, 0.1) is 10.1 Å². The molecule has 2 aromatic rings. The summed E-state index contributed by atoms with van der Waals surface area (Å²) in [6, 6.07) is 11.2. The first-order valence-corrected chi connectivity index (χ1v) is 9.34.